The van der Waals surface area contributed by atoms with Crippen molar-refractivity contribution in [3.8, 4) is 0 Å². The molecule has 12 heteroatoms. The molecule has 0 aromatic carbocycles. The van der Waals surface area contributed by atoms with Crippen molar-refractivity contribution in [3.63, 3.8) is 0 Å². The van der Waals surface area contributed by atoms with Gasteiger partial charge in [-0.1, -0.05) is 18.7 Å². The Kier molecular flexibility index (Phi) is 5.27. The molecule has 5 rings (SSSR count). The van der Waals surface area contributed by atoms with Gasteiger partial charge in [-0.15, -0.1) is 5.21 Å². The van der Waals surface area contributed by atoms with E-state index in [0.717, 1.165) is 13.2 Å². The summed E-state index contributed by atoms with van der Waals surface area (Å²) in [6.07, 6.45) is 5.94. The summed E-state index contributed by atoms with van der Waals surface area (Å²) in [5.74, 6) is 0.711. The summed E-state index contributed by atoms with van der Waals surface area (Å²) in [5, 5.41) is 0.254. The van der Waals surface area contributed by atoms with Crippen molar-refractivity contribution in [2.24, 2.45) is 0 Å². The van der Waals surface area contributed by atoms with Crippen molar-refractivity contribution in [2.45, 2.75) is 48.9 Å². The molecule has 2 nitrogen and oxygen atoms in total. The van der Waals surface area contributed by atoms with Gasteiger partial charge in [0.25, 0.3) is 0 Å². The normalized spacial score (nSPS) is 38.2. The second-order valence-corrected chi connectivity index (χ2v) is 7.00. The van der Waals surface area contributed by atoms with Crippen LogP contribution in [0, 0.1) is 0 Å². The van der Waals surface area contributed by atoms with Gasteiger partial charge in [-0.3, -0.25) is 0 Å². The van der Waals surface area contributed by atoms with Gasteiger partial charge in [-0.2, -0.15) is 0 Å². The lowest BCUT2D eigenvalue weighted by Crippen LogP contribution is -2.62. The predicted octanol–water partition coefficient (Wildman–Crippen LogP) is -1.91. The third kappa shape index (κ3) is 3.97. The molecule has 0 aromatic rings. The van der Waals surface area contributed by atoms with Gasteiger partial charge in [0.15, 0.2) is 0 Å². The SMILES string of the molecule is [B]1[B][B][B][B][C@@]2(CC[C@@H]3CO3)[B]B([B][B][B]1)[C@H]2CC[C@@H]1CO1. The zero-order valence-electron chi connectivity index (χ0n) is 13.1. The molecule has 0 N–H and O–H groups in total. The molecule has 4 atom stereocenters. The molecule has 0 aliphatic carbocycles. The van der Waals surface area contributed by atoms with Crippen molar-refractivity contribution in [1.29, 1.82) is 0 Å². The standard InChI is InChI=1S/C10H15B10O2/c1(7-5-21-7)2-9-10(4-3-8-6-22-8)11-13-14-15-16-17-18-19-20(9)12-10/h7-9H,1-6H2/t7-,8-,9+,10+/m1/s1. The topological polar surface area (TPSA) is 25.1 Å². The van der Waals surface area contributed by atoms with E-state index in [1.807, 2.05) is 0 Å². The maximum Gasteiger partial charge on any atom is 0.0809 e. The van der Waals surface area contributed by atoms with E-state index in [1.165, 1.54) is 25.7 Å². The summed E-state index contributed by atoms with van der Waals surface area (Å²) in [6.45, 7) is 2.54. The van der Waals surface area contributed by atoms with E-state index < -0.39 is 0 Å². The van der Waals surface area contributed by atoms with Crippen LogP contribution in [0.2, 0.25) is 11.0 Å². The molecule has 5 heterocycles. The van der Waals surface area contributed by atoms with Crippen LogP contribution in [0.4, 0.5) is 0 Å². The Morgan fingerprint density at radius 3 is 2.32 bits per heavy atom. The molecule has 0 amide bonds. The predicted molar refractivity (Wildman–Crippen MR) is 102 cm³/mol. The zero-order valence-corrected chi connectivity index (χ0v) is 13.1. The molecular weight excluding hydrogens is 260 g/mol. The molecule has 22 heavy (non-hydrogen) atoms. The first kappa shape index (κ1) is 16.1. The second kappa shape index (κ2) is 7.21. The molecule has 5 aliphatic heterocycles. The first-order valence-electron chi connectivity index (χ1n) is 8.64. The largest absolute Gasteiger partial charge is 0.373 e. The van der Waals surface area contributed by atoms with Gasteiger partial charge in [0, 0.05) is 49.4 Å². The van der Waals surface area contributed by atoms with Crippen molar-refractivity contribution in [1.82, 2.24) is 0 Å². The Labute approximate surface area is 142 Å². The molecule has 5 aliphatic rings. The minimum Gasteiger partial charge on any atom is -0.373 e. The monoisotopic (exact) mass is 277 g/mol. The van der Waals surface area contributed by atoms with Gasteiger partial charge >= 0.3 is 0 Å². The third-order valence-corrected chi connectivity index (χ3v) is 5.46. The molecule has 5 fully saturated rings. The van der Waals surface area contributed by atoms with Gasteiger partial charge in [0.05, 0.1) is 46.3 Å². The van der Waals surface area contributed by atoms with E-state index in [4.69, 9.17) is 9.47 Å². The lowest BCUT2D eigenvalue weighted by atomic mass is 8.75. The maximum absolute atomic E-state index is 5.43. The second-order valence-electron chi connectivity index (χ2n) is 7.00. The summed E-state index contributed by atoms with van der Waals surface area (Å²) in [4.78, 5) is 0. The minimum absolute atomic E-state index is 0.254. The van der Waals surface area contributed by atoms with Gasteiger partial charge in [-0.05, 0) is 12.8 Å². The number of hydrogen-bond acceptors (Lipinski definition) is 2. The van der Waals surface area contributed by atoms with Crippen molar-refractivity contribution >= 4 is 70.3 Å². The highest BCUT2D eigenvalue weighted by Gasteiger charge is 2.53. The van der Waals surface area contributed by atoms with Gasteiger partial charge in [-0.25, -0.2) is 0 Å². The van der Waals surface area contributed by atoms with Crippen LogP contribution in [0.25, 0.3) is 0 Å². The van der Waals surface area contributed by atoms with Gasteiger partial charge in [0.2, 0.25) is 0 Å². The van der Waals surface area contributed by atoms with Crippen LogP contribution in [-0.2, 0) is 9.47 Å². The summed E-state index contributed by atoms with van der Waals surface area (Å²) in [5.41, 5.74) is 0. The Morgan fingerprint density at radius 1 is 0.864 bits per heavy atom. The van der Waals surface area contributed by atoms with Crippen LogP contribution in [0.15, 0.2) is 0 Å². The third-order valence-electron chi connectivity index (χ3n) is 5.46. The Hall–Kier alpha value is 0.569. The number of rotatable bonds is 6. The lowest BCUT2D eigenvalue weighted by molar-refractivity contribution is 0.370. The average molecular weight is 275 g/mol. The van der Waals surface area contributed by atoms with Crippen LogP contribution in [0.5, 0.6) is 0 Å². The van der Waals surface area contributed by atoms with Crippen LogP contribution in [0.3, 0.4) is 0 Å². The number of epoxide rings is 2. The fourth-order valence-corrected chi connectivity index (χ4v) is 3.95. The van der Waals surface area contributed by atoms with E-state index in [1.54, 1.807) is 0 Å². The first-order valence-corrected chi connectivity index (χ1v) is 8.64. The van der Waals surface area contributed by atoms with E-state index in [2.05, 4.69) is 63.8 Å². The van der Waals surface area contributed by atoms with Crippen molar-refractivity contribution < 1.29 is 9.47 Å². The number of hydrogen-bond donors (Lipinski definition) is 0. The van der Waals surface area contributed by atoms with E-state index in [-0.39, 0.29) is 5.21 Å². The molecule has 0 unspecified atom stereocenters. The van der Waals surface area contributed by atoms with E-state index in [9.17, 15) is 0 Å². The maximum atomic E-state index is 5.43. The zero-order chi connectivity index (χ0) is 14.8. The van der Waals surface area contributed by atoms with Crippen molar-refractivity contribution in [2.75, 3.05) is 13.2 Å². The Balaban J connectivity index is 1.40. The molecule has 9 radical (unpaired) electrons. The summed E-state index contributed by atoms with van der Waals surface area (Å²) in [7, 11) is 20.3. The smallest absolute Gasteiger partial charge is 0.0809 e. The van der Waals surface area contributed by atoms with Gasteiger partial charge in [0.1, 0.15) is 0 Å². The lowest BCUT2D eigenvalue weighted by Gasteiger charge is -2.57. The fourth-order valence-electron chi connectivity index (χ4n) is 3.95. The molecular formula is C10H15B10O2. The highest BCUT2D eigenvalue weighted by Crippen LogP contribution is 2.56. The van der Waals surface area contributed by atoms with E-state index >= 15 is 0 Å². The molecule has 0 saturated carbocycles. The van der Waals surface area contributed by atoms with Crippen LogP contribution < -0.4 is 0 Å². The van der Waals surface area contributed by atoms with Crippen LogP contribution in [-0.4, -0.2) is 95.7 Å². The molecule has 0 aromatic heterocycles. The number of ether oxygens (including phenoxy) is 2. The van der Waals surface area contributed by atoms with Crippen LogP contribution in [0.1, 0.15) is 25.7 Å². The average Bonchev–Trinajstić information content (AvgIpc) is 3.38. The highest BCUT2D eigenvalue weighted by molar-refractivity contribution is 7.73. The molecule has 5 saturated heterocycles. The molecule has 2 bridgehead atoms. The Bertz CT molecular complexity index is 377. The van der Waals surface area contributed by atoms with Gasteiger partial charge < -0.3 is 9.47 Å². The summed E-state index contributed by atoms with van der Waals surface area (Å²) >= 11 is 0. The molecule has 0 spiro atoms. The minimum atomic E-state index is 0.254. The summed E-state index contributed by atoms with van der Waals surface area (Å²) < 4.78 is 10.9. The number of fused-ring (bicyclic) bond motifs is 7. The summed E-state index contributed by atoms with van der Waals surface area (Å²) in [6, 6.07) is 0. The fraction of sp³-hybridized carbons (Fsp3) is 1.00. The first-order chi connectivity index (χ1) is 10.9. The highest BCUT2D eigenvalue weighted by atomic mass is 16.6. The Morgan fingerprint density at radius 2 is 1.55 bits per heavy atom. The van der Waals surface area contributed by atoms with E-state index in [0.29, 0.717) is 24.5 Å². The van der Waals surface area contributed by atoms with Crippen molar-refractivity contribution in [3.05, 3.63) is 0 Å². The van der Waals surface area contributed by atoms with Crippen LogP contribution >= 0.6 is 0 Å². The molecule has 97 valence electrons. The quantitative estimate of drug-likeness (QED) is 0.417.